The second-order valence-electron chi connectivity index (χ2n) is 5.01. The van der Waals surface area contributed by atoms with E-state index in [1.165, 1.54) is 31.4 Å². The van der Waals surface area contributed by atoms with Crippen LogP contribution in [0.3, 0.4) is 0 Å². The minimum atomic E-state index is 0.445. The summed E-state index contributed by atoms with van der Waals surface area (Å²) in [6.07, 6.45) is 5.32. The fourth-order valence-corrected chi connectivity index (χ4v) is 4.65. The molecule has 0 saturated carbocycles. The van der Waals surface area contributed by atoms with E-state index in [2.05, 4.69) is 31.1 Å². The Bertz CT molecular complexity index is 198. The summed E-state index contributed by atoms with van der Waals surface area (Å²) in [5.41, 5.74) is 0. The Morgan fingerprint density at radius 3 is 2.87 bits per heavy atom. The van der Waals surface area contributed by atoms with Gasteiger partial charge in [-0.15, -0.1) is 0 Å². The summed E-state index contributed by atoms with van der Waals surface area (Å²) in [5, 5.41) is 3.55. The van der Waals surface area contributed by atoms with Gasteiger partial charge in [-0.05, 0) is 51.3 Å². The number of nitrogens with one attached hydrogen (secondary N) is 1. The Balaban J connectivity index is 2.01. The largest absolute Gasteiger partial charge is 0.381 e. The molecule has 3 unspecified atom stereocenters. The van der Waals surface area contributed by atoms with Gasteiger partial charge < -0.3 is 10.1 Å². The van der Waals surface area contributed by atoms with Gasteiger partial charge >= 0.3 is 0 Å². The van der Waals surface area contributed by atoms with Gasteiger partial charge in [0, 0.05) is 17.4 Å². The highest BCUT2D eigenvalue weighted by molar-refractivity contribution is 8.00. The Morgan fingerprint density at radius 1 is 1.47 bits per heavy atom. The first-order chi connectivity index (χ1) is 7.26. The van der Waals surface area contributed by atoms with Gasteiger partial charge in [-0.2, -0.15) is 11.8 Å². The summed E-state index contributed by atoms with van der Waals surface area (Å²) in [5.74, 6) is 2.06. The molecular formula is C12H23NOS. The average Bonchev–Trinajstić information content (AvgIpc) is 2.68. The van der Waals surface area contributed by atoms with Crippen LogP contribution in [0.5, 0.6) is 0 Å². The lowest BCUT2D eigenvalue weighted by molar-refractivity contribution is 0.0346. The lowest BCUT2D eigenvalue weighted by atomic mass is 9.83. The second-order valence-corrected chi connectivity index (χ2v) is 6.64. The maximum Gasteiger partial charge on any atom is 0.0509 e. The summed E-state index contributed by atoms with van der Waals surface area (Å²) in [7, 11) is 2.11. The third kappa shape index (κ3) is 2.51. The average molecular weight is 229 g/mol. The van der Waals surface area contributed by atoms with Crippen LogP contribution in [0.2, 0.25) is 0 Å². The van der Waals surface area contributed by atoms with Gasteiger partial charge in [0.1, 0.15) is 0 Å². The van der Waals surface area contributed by atoms with Gasteiger partial charge in [0.25, 0.3) is 0 Å². The molecule has 0 spiro atoms. The van der Waals surface area contributed by atoms with Crippen molar-refractivity contribution in [2.75, 3.05) is 26.0 Å². The van der Waals surface area contributed by atoms with Crippen molar-refractivity contribution in [3.8, 4) is 0 Å². The molecule has 15 heavy (non-hydrogen) atoms. The lowest BCUT2D eigenvalue weighted by Crippen LogP contribution is -2.50. The standard InChI is InChI=1S/C12H23NOS/c1-12(6-4-8-15-12)11(13-2)10-5-3-7-14-9-10/h10-11,13H,3-9H2,1-2H3. The first-order valence-electron chi connectivity index (χ1n) is 6.15. The van der Waals surface area contributed by atoms with Crippen molar-refractivity contribution in [2.24, 2.45) is 5.92 Å². The molecule has 2 saturated heterocycles. The first-order valence-corrected chi connectivity index (χ1v) is 7.14. The highest BCUT2D eigenvalue weighted by Crippen LogP contribution is 2.43. The fourth-order valence-electron chi connectivity index (χ4n) is 3.11. The van der Waals surface area contributed by atoms with E-state index in [0.717, 1.165) is 19.1 Å². The summed E-state index contributed by atoms with van der Waals surface area (Å²) in [4.78, 5) is 0. The normalized spacial score (nSPS) is 39.2. The molecule has 88 valence electrons. The second kappa shape index (κ2) is 5.07. The molecule has 0 aromatic carbocycles. The molecule has 2 aliphatic rings. The van der Waals surface area contributed by atoms with Gasteiger partial charge in [-0.1, -0.05) is 0 Å². The van der Waals surface area contributed by atoms with Crippen molar-refractivity contribution < 1.29 is 4.74 Å². The topological polar surface area (TPSA) is 21.3 Å². The highest BCUT2D eigenvalue weighted by atomic mass is 32.2. The third-order valence-electron chi connectivity index (χ3n) is 3.89. The van der Waals surface area contributed by atoms with E-state index < -0.39 is 0 Å². The van der Waals surface area contributed by atoms with E-state index >= 15 is 0 Å². The van der Waals surface area contributed by atoms with Crippen molar-refractivity contribution in [2.45, 2.75) is 43.4 Å². The third-order valence-corrected chi connectivity index (χ3v) is 5.50. The van der Waals surface area contributed by atoms with E-state index in [1.54, 1.807) is 0 Å². The van der Waals surface area contributed by atoms with Gasteiger partial charge in [-0.3, -0.25) is 0 Å². The number of rotatable bonds is 3. The molecule has 3 atom stereocenters. The molecule has 3 heteroatoms. The lowest BCUT2D eigenvalue weighted by Gasteiger charge is -2.40. The molecule has 2 nitrogen and oxygen atoms in total. The molecule has 0 aliphatic carbocycles. The number of ether oxygens (including phenoxy) is 1. The van der Waals surface area contributed by atoms with Crippen LogP contribution in [0, 0.1) is 5.92 Å². The van der Waals surface area contributed by atoms with Crippen LogP contribution in [0.15, 0.2) is 0 Å². The molecule has 2 rings (SSSR count). The molecule has 2 aliphatic heterocycles. The van der Waals surface area contributed by atoms with E-state index in [1.807, 2.05) is 0 Å². The number of hydrogen-bond donors (Lipinski definition) is 1. The summed E-state index contributed by atoms with van der Waals surface area (Å²) >= 11 is 2.15. The number of hydrogen-bond acceptors (Lipinski definition) is 3. The van der Waals surface area contributed by atoms with Crippen LogP contribution in [-0.2, 0) is 4.74 Å². The highest BCUT2D eigenvalue weighted by Gasteiger charge is 2.41. The van der Waals surface area contributed by atoms with E-state index in [9.17, 15) is 0 Å². The van der Waals surface area contributed by atoms with E-state index in [4.69, 9.17) is 4.74 Å². The minimum absolute atomic E-state index is 0.445. The van der Waals surface area contributed by atoms with E-state index in [0.29, 0.717) is 10.8 Å². The summed E-state index contributed by atoms with van der Waals surface area (Å²) in [6, 6.07) is 0.630. The molecule has 0 amide bonds. The molecule has 0 aromatic rings. The zero-order chi connectivity index (χ0) is 10.7. The molecule has 0 bridgehead atoms. The van der Waals surface area contributed by atoms with Crippen molar-refractivity contribution in [1.82, 2.24) is 5.32 Å². The Kier molecular flexibility index (Phi) is 3.97. The zero-order valence-electron chi connectivity index (χ0n) is 9.92. The maximum absolute atomic E-state index is 5.62. The molecule has 1 N–H and O–H groups in total. The van der Waals surface area contributed by atoms with Gasteiger partial charge in [0.2, 0.25) is 0 Å². The van der Waals surface area contributed by atoms with Crippen molar-refractivity contribution >= 4 is 11.8 Å². The van der Waals surface area contributed by atoms with Gasteiger partial charge in [-0.25, -0.2) is 0 Å². The molecular weight excluding hydrogens is 206 g/mol. The van der Waals surface area contributed by atoms with Crippen LogP contribution < -0.4 is 5.32 Å². The molecule has 2 fully saturated rings. The van der Waals surface area contributed by atoms with Crippen molar-refractivity contribution in [3.63, 3.8) is 0 Å². The van der Waals surface area contributed by atoms with Crippen LogP contribution in [-0.4, -0.2) is 36.8 Å². The predicted octanol–water partition coefficient (Wildman–Crippen LogP) is 2.29. The fraction of sp³-hybridized carbons (Fsp3) is 1.00. The number of thioether (sulfide) groups is 1. The summed E-state index contributed by atoms with van der Waals surface area (Å²) < 4.78 is 6.06. The molecule has 2 heterocycles. The first kappa shape index (κ1) is 11.7. The quantitative estimate of drug-likeness (QED) is 0.802. The maximum atomic E-state index is 5.62. The van der Waals surface area contributed by atoms with Gasteiger partial charge in [0.05, 0.1) is 6.61 Å². The van der Waals surface area contributed by atoms with Crippen molar-refractivity contribution in [1.29, 1.82) is 0 Å². The van der Waals surface area contributed by atoms with Crippen LogP contribution in [0.1, 0.15) is 32.6 Å². The molecule has 0 aromatic heterocycles. The van der Waals surface area contributed by atoms with E-state index in [-0.39, 0.29) is 0 Å². The summed E-state index contributed by atoms with van der Waals surface area (Å²) in [6.45, 7) is 4.36. The predicted molar refractivity (Wildman–Crippen MR) is 66.5 cm³/mol. The van der Waals surface area contributed by atoms with Gasteiger partial charge in [0.15, 0.2) is 0 Å². The SMILES string of the molecule is CNC(C1CCCOC1)C1(C)CCCS1. The zero-order valence-corrected chi connectivity index (χ0v) is 10.7. The van der Waals surface area contributed by atoms with Crippen LogP contribution in [0.25, 0.3) is 0 Å². The Labute approximate surface area is 97.5 Å². The Morgan fingerprint density at radius 2 is 2.33 bits per heavy atom. The van der Waals surface area contributed by atoms with Crippen LogP contribution in [0.4, 0.5) is 0 Å². The van der Waals surface area contributed by atoms with Crippen molar-refractivity contribution in [3.05, 3.63) is 0 Å². The van der Waals surface area contributed by atoms with Crippen LogP contribution >= 0.6 is 11.8 Å². The monoisotopic (exact) mass is 229 g/mol. The minimum Gasteiger partial charge on any atom is -0.381 e. The molecule has 0 radical (unpaired) electrons. The Hall–Kier alpha value is 0.270. The smallest absolute Gasteiger partial charge is 0.0509 e.